The van der Waals surface area contributed by atoms with Crippen molar-refractivity contribution in [3.8, 4) is 11.3 Å². The number of amides is 4. The normalized spacial score (nSPS) is 19.0. The zero-order valence-electron chi connectivity index (χ0n) is 29.0. The molecular weight excluding hydrogens is 625 g/mol. The molecule has 0 aromatic heterocycles. The van der Waals surface area contributed by atoms with Gasteiger partial charge in [0.2, 0.25) is 11.8 Å². The minimum atomic E-state index is -0.0530. The van der Waals surface area contributed by atoms with Crippen LogP contribution in [-0.2, 0) is 16.0 Å². The Balaban J connectivity index is 1.03. The van der Waals surface area contributed by atoms with Crippen LogP contribution in [0.15, 0.2) is 33.7 Å². The van der Waals surface area contributed by atoms with Crippen LogP contribution < -0.4 is 31.9 Å². The molecular formula is C37H53N6O4S+. The van der Waals surface area contributed by atoms with E-state index in [1.54, 1.807) is 0 Å². The van der Waals surface area contributed by atoms with Gasteiger partial charge < -0.3 is 31.0 Å². The number of benzene rings is 2. The Labute approximate surface area is 288 Å². The molecule has 3 atom stereocenters. The summed E-state index contributed by atoms with van der Waals surface area (Å²) in [5.41, 5.74) is 6.49. The fourth-order valence-corrected chi connectivity index (χ4v) is 8.45. The maximum atomic E-state index is 12.9. The van der Waals surface area contributed by atoms with E-state index in [0.717, 1.165) is 89.6 Å². The van der Waals surface area contributed by atoms with Crippen molar-refractivity contribution < 1.29 is 24.1 Å². The third-order valence-corrected chi connectivity index (χ3v) is 11.0. The van der Waals surface area contributed by atoms with E-state index in [-0.39, 0.29) is 29.9 Å². The van der Waals surface area contributed by atoms with Crippen molar-refractivity contribution in [2.75, 3.05) is 31.9 Å². The Kier molecular flexibility index (Phi) is 12.8. The molecule has 1 aromatic carbocycles. The number of urea groups is 1. The van der Waals surface area contributed by atoms with E-state index in [4.69, 9.17) is 4.42 Å². The van der Waals surface area contributed by atoms with Gasteiger partial charge in [-0.25, -0.2) is 4.79 Å². The second kappa shape index (κ2) is 17.2. The Morgan fingerprint density at radius 1 is 0.958 bits per heavy atom. The summed E-state index contributed by atoms with van der Waals surface area (Å²) in [6.45, 7) is 11.3. The van der Waals surface area contributed by atoms with Gasteiger partial charge in [-0.2, -0.15) is 11.8 Å². The molecule has 3 heterocycles. The van der Waals surface area contributed by atoms with Crippen molar-refractivity contribution in [1.29, 1.82) is 0 Å². The van der Waals surface area contributed by atoms with E-state index < -0.39 is 0 Å². The summed E-state index contributed by atoms with van der Waals surface area (Å²) in [4.78, 5) is 41.4. The van der Waals surface area contributed by atoms with Crippen LogP contribution in [0.4, 0.5) is 10.5 Å². The van der Waals surface area contributed by atoms with E-state index in [2.05, 4.69) is 70.5 Å². The van der Waals surface area contributed by atoms with Crippen molar-refractivity contribution in [2.24, 2.45) is 4.99 Å². The molecule has 4 amide bonds. The van der Waals surface area contributed by atoms with Gasteiger partial charge in [-0.15, -0.1) is 0 Å². The van der Waals surface area contributed by atoms with E-state index in [1.807, 2.05) is 24.8 Å². The predicted molar refractivity (Wildman–Crippen MR) is 193 cm³/mol. The van der Waals surface area contributed by atoms with Gasteiger partial charge >= 0.3 is 6.03 Å². The Bertz CT molecular complexity index is 1640. The fourth-order valence-electron chi connectivity index (χ4n) is 6.91. The molecule has 0 spiro atoms. The summed E-state index contributed by atoms with van der Waals surface area (Å²) in [5.74, 6) is 1.91. The molecule has 48 heavy (non-hydrogen) atoms. The highest BCUT2D eigenvalue weighted by Gasteiger charge is 2.42. The van der Waals surface area contributed by atoms with Gasteiger partial charge in [-0.05, 0) is 89.5 Å². The van der Waals surface area contributed by atoms with Gasteiger partial charge in [0.15, 0.2) is 0 Å². The largest absolute Gasteiger partial charge is 0.456 e. The van der Waals surface area contributed by atoms with Crippen LogP contribution in [0.5, 0.6) is 0 Å². The molecule has 0 bridgehead atoms. The molecule has 4 aliphatic rings. The second-order valence-electron chi connectivity index (χ2n) is 13.1. The lowest BCUT2D eigenvalue weighted by atomic mass is 9.93. The van der Waals surface area contributed by atoms with Crippen LogP contribution in [0.1, 0.15) is 81.9 Å². The first-order valence-corrected chi connectivity index (χ1v) is 18.9. The van der Waals surface area contributed by atoms with Gasteiger partial charge in [-0.1, -0.05) is 6.42 Å². The standard InChI is InChI=1S/C37H52N6O4S/c1-5-38-28-20-31-26(18-23(28)3)25(27-19-24(4)29(39-6-2)21-32(27)47-31)14-15-35(45)41-17-11-7-10-16-40-34(44)13-9-8-12-33-36-30(22-48-33)42-37(46)43-36/h18-21,30,33,36,38H,5-17,22H2,1-4H3,(H,40,44)(H,41,45)(H2,42,43,46)/p+1/t30-,33-,36-/m0/s1. The maximum Gasteiger partial charge on any atom is 0.315 e. The van der Waals surface area contributed by atoms with Gasteiger partial charge in [0.05, 0.1) is 24.0 Å². The van der Waals surface area contributed by atoms with Crippen LogP contribution in [0, 0.1) is 13.8 Å². The molecule has 260 valence electrons. The molecule has 1 aliphatic carbocycles. The third kappa shape index (κ3) is 9.11. The molecule has 11 heteroatoms. The first kappa shape index (κ1) is 35.7. The summed E-state index contributed by atoms with van der Waals surface area (Å²) >= 11 is 1.92. The van der Waals surface area contributed by atoms with Crippen LogP contribution in [-0.4, -0.2) is 67.1 Å². The summed E-state index contributed by atoms with van der Waals surface area (Å²) in [7, 11) is 0. The molecule has 10 nitrogen and oxygen atoms in total. The molecule has 0 unspecified atom stereocenters. The fraction of sp³-hybridized carbons (Fsp3) is 0.568. The zero-order chi connectivity index (χ0) is 34.0. The minimum absolute atomic E-state index is 0.0467. The average molecular weight is 678 g/mol. The monoisotopic (exact) mass is 677 g/mol. The summed E-state index contributed by atoms with van der Waals surface area (Å²) in [5, 5.41) is 16.8. The number of unbranched alkanes of at least 4 members (excludes halogenated alkanes) is 3. The van der Waals surface area contributed by atoms with Crippen molar-refractivity contribution in [3.63, 3.8) is 0 Å². The van der Waals surface area contributed by atoms with Crippen LogP contribution in [0.2, 0.25) is 0 Å². The average Bonchev–Trinajstić information content (AvgIpc) is 3.61. The predicted octanol–water partition coefficient (Wildman–Crippen LogP) is 4.35. The van der Waals surface area contributed by atoms with E-state index in [1.165, 1.54) is 11.3 Å². The number of thioether (sulfide) groups is 1. The first-order chi connectivity index (χ1) is 23.3. The van der Waals surface area contributed by atoms with E-state index in [0.29, 0.717) is 44.1 Å². The van der Waals surface area contributed by atoms with Crippen molar-refractivity contribution in [3.05, 3.63) is 46.3 Å². The molecule has 0 saturated carbocycles. The van der Waals surface area contributed by atoms with Crippen LogP contribution in [0.25, 0.3) is 22.3 Å². The van der Waals surface area contributed by atoms with Crippen LogP contribution >= 0.6 is 11.8 Å². The van der Waals surface area contributed by atoms with Crippen molar-refractivity contribution in [1.82, 2.24) is 21.3 Å². The number of nitrogens with zero attached hydrogens (tertiary/aromatic N) is 1. The second-order valence-corrected chi connectivity index (χ2v) is 14.4. The zero-order valence-corrected chi connectivity index (χ0v) is 29.8. The molecule has 2 fully saturated rings. The number of hydrogen-bond acceptors (Lipinski definition) is 6. The minimum Gasteiger partial charge on any atom is -0.456 e. The Hall–Kier alpha value is -3.57. The molecule has 1 aromatic rings. The number of quaternary nitrogens is 1. The SMILES string of the molecule is CCN=c1cc2oc3cc([NH2+]CC)c(C)cc3c(CCC(=O)NCCCCCNC(=O)CCCC[C@@H]3SC[C@@H]4NC(=O)N[C@@H]43)c-2cc1C. The molecule has 5 rings (SSSR count). The van der Waals surface area contributed by atoms with Crippen LogP contribution in [0.3, 0.4) is 0 Å². The highest BCUT2D eigenvalue weighted by molar-refractivity contribution is 8.00. The smallest absolute Gasteiger partial charge is 0.315 e. The topological polar surface area (TPSA) is 141 Å². The van der Waals surface area contributed by atoms with Gasteiger partial charge in [0.1, 0.15) is 17.0 Å². The lowest BCUT2D eigenvalue weighted by Gasteiger charge is -2.17. The summed E-state index contributed by atoms with van der Waals surface area (Å²) in [6.07, 6.45) is 7.16. The van der Waals surface area contributed by atoms with Gasteiger partial charge in [0, 0.05) is 72.1 Å². The quantitative estimate of drug-likeness (QED) is 0.0626. The van der Waals surface area contributed by atoms with Crippen molar-refractivity contribution in [2.45, 2.75) is 103 Å². The summed E-state index contributed by atoms with van der Waals surface area (Å²) < 4.78 is 6.44. The number of hydrogen-bond donors (Lipinski definition) is 5. The number of nitrogens with one attached hydrogen (secondary N) is 4. The number of carbonyl (C=O) groups is 3. The van der Waals surface area contributed by atoms with Gasteiger partial charge in [-0.3, -0.25) is 14.6 Å². The van der Waals surface area contributed by atoms with E-state index >= 15 is 0 Å². The third-order valence-electron chi connectivity index (χ3n) is 9.47. The van der Waals surface area contributed by atoms with Gasteiger partial charge in [0.25, 0.3) is 0 Å². The maximum absolute atomic E-state index is 12.9. The number of aryl methyl sites for hydroxylation is 3. The lowest BCUT2D eigenvalue weighted by molar-refractivity contribution is -0.568. The Morgan fingerprint density at radius 3 is 2.48 bits per heavy atom. The lowest BCUT2D eigenvalue weighted by Crippen LogP contribution is -2.77. The van der Waals surface area contributed by atoms with E-state index in [9.17, 15) is 14.4 Å². The molecule has 2 saturated heterocycles. The first-order valence-electron chi connectivity index (χ1n) is 17.8. The van der Waals surface area contributed by atoms with Crippen molar-refractivity contribution >= 4 is 46.3 Å². The molecule has 3 aliphatic heterocycles. The highest BCUT2D eigenvalue weighted by atomic mass is 32.2. The summed E-state index contributed by atoms with van der Waals surface area (Å²) in [6, 6.07) is 8.93. The molecule has 6 N–H and O–H groups in total. The molecule has 0 radical (unpaired) electrons. The number of rotatable bonds is 17. The number of fused-ring (bicyclic) bond motifs is 3. The number of carbonyl (C=O) groups excluding carboxylic acids is 3. The highest BCUT2D eigenvalue weighted by Crippen LogP contribution is 2.36. The number of nitrogens with two attached hydrogens (primary N) is 1. The Morgan fingerprint density at radius 2 is 1.73 bits per heavy atom.